The third-order valence-electron chi connectivity index (χ3n) is 3.20. The number of fused-ring (bicyclic) bond motifs is 1. The van der Waals surface area contributed by atoms with E-state index in [1.165, 1.54) is 10.3 Å². The lowest BCUT2D eigenvalue weighted by atomic mass is 10.1. The summed E-state index contributed by atoms with van der Waals surface area (Å²) in [5.74, 6) is 0.928. The second-order valence-corrected chi connectivity index (χ2v) is 5.48. The van der Waals surface area contributed by atoms with Gasteiger partial charge < -0.3 is 9.88 Å². The molecule has 0 aromatic carbocycles. The van der Waals surface area contributed by atoms with E-state index < -0.39 is 0 Å². The fraction of sp³-hybridized carbons (Fsp3) is 0.308. The van der Waals surface area contributed by atoms with Crippen LogP contribution < -0.4 is 5.32 Å². The van der Waals surface area contributed by atoms with E-state index in [0.29, 0.717) is 6.54 Å². The molecular weight excluding hydrogens is 258 g/mol. The van der Waals surface area contributed by atoms with Crippen LogP contribution in [0, 0.1) is 0 Å². The van der Waals surface area contributed by atoms with Gasteiger partial charge in [0.2, 0.25) is 0 Å². The molecular formula is C13H15N5S. The van der Waals surface area contributed by atoms with Crippen LogP contribution in [0.25, 0.3) is 10.2 Å². The van der Waals surface area contributed by atoms with Crippen LogP contribution >= 0.6 is 11.3 Å². The average molecular weight is 273 g/mol. The topological polar surface area (TPSA) is 55.6 Å². The number of rotatable bonds is 4. The highest BCUT2D eigenvalue weighted by atomic mass is 32.1. The van der Waals surface area contributed by atoms with Gasteiger partial charge >= 0.3 is 0 Å². The minimum absolute atomic E-state index is 0.232. The van der Waals surface area contributed by atoms with E-state index in [2.05, 4.69) is 38.9 Å². The fourth-order valence-electron chi connectivity index (χ4n) is 1.93. The number of pyridine rings is 1. The van der Waals surface area contributed by atoms with Crippen molar-refractivity contribution in [1.29, 1.82) is 0 Å². The Labute approximate surface area is 115 Å². The molecule has 0 amide bonds. The first kappa shape index (κ1) is 12.3. The van der Waals surface area contributed by atoms with Gasteiger partial charge in [-0.2, -0.15) is 0 Å². The second-order valence-electron chi connectivity index (χ2n) is 4.53. The van der Waals surface area contributed by atoms with Crippen molar-refractivity contribution in [3.05, 3.63) is 41.4 Å². The van der Waals surface area contributed by atoms with Crippen LogP contribution in [0.15, 0.2) is 30.0 Å². The summed E-state index contributed by atoms with van der Waals surface area (Å²) in [5.41, 5.74) is 2.26. The van der Waals surface area contributed by atoms with Crippen molar-refractivity contribution in [3.63, 3.8) is 0 Å². The van der Waals surface area contributed by atoms with Crippen molar-refractivity contribution in [1.82, 2.24) is 25.1 Å². The Morgan fingerprint density at radius 1 is 1.47 bits per heavy atom. The molecule has 0 bridgehead atoms. The molecule has 1 atom stereocenters. The monoisotopic (exact) mass is 273 g/mol. The minimum atomic E-state index is 0.232. The standard InChI is InChI=1S/C13H15N5S/c1-9(14-7-13-17-16-8-18(13)2)10-5-12-11(15-6-10)3-4-19-12/h3-6,8-9,14H,7H2,1-2H3. The Bertz CT molecular complexity index is 687. The first-order valence-electron chi connectivity index (χ1n) is 6.13. The molecule has 1 unspecified atom stereocenters. The Balaban J connectivity index is 1.72. The summed E-state index contributed by atoms with van der Waals surface area (Å²) in [6, 6.07) is 4.47. The highest BCUT2D eigenvalue weighted by Gasteiger charge is 2.09. The zero-order valence-electron chi connectivity index (χ0n) is 10.9. The minimum Gasteiger partial charge on any atom is -0.320 e. The van der Waals surface area contributed by atoms with Gasteiger partial charge in [0.25, 0.3) is 0 Å². The molecule has 0 aliphatic rings. The van der Waals surface area contributed by atoms with Gasteiger partial charge in [0.1, 0.15) is 12.2 Å². The molecule has 3 aromatic heterocycles. The van der Waals surface area contributed by atoms with E-state index in [9.17, 15) is 0 Å². The third-order valence-corrected chi connectivity index (χ3v) is 4.05. The van der Waals surface area contributed by atoms with Gasteiger partial charge in [-0.3, -0.25) is 4.98 Å². The number of hydrogen-bond donors (Lipinski definition) is 1. The summed E-state index contributed by atoms with van der Waals surface area (Å²) in [5, 5.41) is 13.4. The van der Waals surface area contributed by atoms with Crippen molar-refractivity contribution in [2.24, 2.45) is 7.05 Å². The lowest BCUT2D eigenvalue weighted by Crippen LogP contribution is -2.20. The zero-order valence-corrected chi connectivity index (χ0v) is 11.7. The van der Waals surface area contributed by atoms with Gasteiger partial charge in [-0.05, 0) is 30.0 Å². The zero-order chi connectivity index (χ0) is 13.2. The second kappa shape index (κ2) is 5.07. The summed E-state index contributed by atoms with van der Waals surface area (Å²) in [7, 11) is 1.95. The Morgan fingerprint density at radius 2 is 2.37 bits per heavy atom. The van der Waals surface area contributed by atoms with Gasteiger partial charge in [0.05, 0.1) is 16.8 Å². The predicted octanol–water partition coefficient (Wildman–Crippen LogP) is 2.28. The maximum absolute atomic E-state index is 4.46. The Morgan fingerprint density at radius 3 is 3.16 bits per heavy atom. The molecule has 1 N–H and O–H groups in total. The van der Waals surface area contributed by atoms with Gasteiger partial charge in [0.15, 0.2) is 0 Å². The lowest BCUT2D eigenvalue weighted by molar-refractivity contribution is 0.547. The van der Waals surface area contributed by atoms with Gasteiger partial charge in [-0.15, -0.1) is 21.5 Å². The van der Waals surface area contributed by atoms with Crippen LogP contribution in [-0.4, -0.2) is 19.7 Å². The molecule has 0 fully saturated rings. The Hall–Kier alpha value is -1.79. The van der Waals surface area contributed by atoms with E-state index in [0.717, 1.165) is 11.3 Å². The van der Waals surface area contributed by atoms with Crippen molar-refractivity contribution >= 4 is 21.6 Å². The summed E-state index contributed by atoms with van der Waals surface area (Å²) in [6.07, 6.45) is 3.64. The first-order valence-corrected chi connectivity index (χ1v) is 7.01. The van der Waals surface area contributed by atoms with E-state index in [-0.39, 0.29) is 6.04 Å². The van der Waals surface area contributed by atoms with Gasteiger partial charge in [0, 0.05) is 19.3 Å². The molecule has 6 heteroatoms. The largest absolute Gasteiger partial charge is 0.320 e. The van der Waals surface area contributed by atoms with Crippen molar-refractivity contribution in [3.8, 4) is 0 Å². The highest BCUT2D eigenvalue weighted by Crippen LogP contribution is 2.22. The molecule has 0 aliphatic heterocycles. The average Bonchev–Trinajstić information content (AvgIpc) is 3.03. The molecule has 0 saturated heterocycles. The molecule has 3 rings (SSSR count). The Kier molecular flexibility index (Phi) is 3.27. The first-order chi connectivity index (χ1) is 9.24. The molecule has 19 heavy (non-hydrogen) atoms. The van der Waals surface area contributed by atoms with Crippen molar-refractivity contribution < 1.29 is 0 Å². The summed E-state index contributed by atoms with van der Waals surface area (Å²) in [4.78, 5) is 4.46. The summed E-state index contributed by atoms with van der Waals surface area (Å²) in [6.45, 7) is 2.83. The quantitative estimate of drug-likeness (QED) is 0.792. The van der Waals surface area contributed by atoms with Gasteiger partial charge in [-0.25, -0.2) is 0 Å². The molecule has 5 nitrogen and oxygen atoms in total. The molecule has 3 heterocycles. The van der Waals surface area contributed by atoms with Crippen LogP contribution in [0.1, 0.15) is 24.4 Å². The molecule has 3 aromatic rings. The van der Waals surface area contributed by atoms with Crippen LogP contribution in [0.5, 0.6) is 0 Å². The maximum atomic E-state index is 4.46. The van der Waals surface area contributed by atoms with Crippen LogP contribution in [0.2, 0.25) is 0 Å². The van der Waals surface area contributed by atoms with E-state index in [4.69, 9.17) is 0 Å². The molecule has 98 valence electrons. The maximum Gasteiger partial charge on any atom is 0.146 e. The molecule has 0 spiro atoms. The van der Waals surface area contributed by atoms with E-state index in [1.807, 2.05) is 23.9 Å². The van der Waals surface area contributed by atoms with Crippen LogP contribution in [0.3, 0.4) is 0 Å². The smallest absolute Gasteiger partial charge is 0.146 e. The third kappa shape index (κ3) is 2.50. The molecule has 0 saturated carbocycles. The highest BCUT2D eigenvalue weighted by molar-refractivity contribution is 7.17. The van der Waals surface area contributed by atoms with Crippen LogP contribution in [-0.2, 0) is 13.6 Å². The van der Waals surface area contributed by atoms with Crippen molar-refractivity contribution in [2.75, 3.05) is 0 Å². The number of hydrogen-bond acceptors (Lipinski definition) is 5. The van der Waals surface area contributed by atoms with Crippen LogP contribution in [0.4, 0.5) is 0 Å². The number of aryl methyl sites for hydroxylation is 1. The summed E-state index contributed by atoms with van der Waals surface area (Å²) < 4.78 is 3.14. The number of thiophene rings is 1. The van der Waals surface area contributed by atoms with E-state index in [1.54, 1.807) is 17.7 Å². The van der Waals surface area contributed by atoms with E-state index >= 15 is 0 Å². The van der Waals surface area contributed by atoms with Gasteiger partial charge in [-0.1, -0.05) is 0 Å². The molecule has 0 radical (unpaired) electrons. The number of nitrogens with one attached hydrogen (secondary N) is 1. The summed E-state index contributed by atoms with van der Waals surface area (Å²) >= 11 is 1.72. The fourth-order valence-corrected chi connectivity index (χ4v) is 2.72. The number of aromatic nitrogens is 4. The number of nitrogens with zero attached hydrogens (tertiary/aromatic N) is 4. The molecule has 0 aliphatic carbocycles. The SMILES string of the molecule is CC(NCc1nncn1C)c1cnc2ccsc2c1. The predicted molar refractivity (Wildman–Crippen MR) is 75.9 cm³/mol. The van der Waals surface area contributed by atoms with Crippen molar-refractivity contribution in [2.45, 2.75) is 19.5 Å². The normalized spacial score (nSPS) is 12.9. The lowest BCUT2D eigenvalue weighted by Gasteiger charge is -2.13.